The number of ether oxygens (including phenoxy) is 1. The number of carbonyl (C=O) groups is 2. The SMILES string of the molecule is CCn1cc(C(=O)NC2(C(=O)O)CCOCC2)c2ccccc21. The first-order valence-corrected chi connectivity index (χ1v) is 7.79. The summed E-state index contributed by atoms with van der Waals surface area (Å²) in [4.78, 5) is 24.4. The van der Waals surface area contributed by atoms with E-state index in [4.69, 9.17) is 4.74 Å². The van der Waals surface area contributed by atoms with Crippen LogP contribution >= 0.6 is 0 Å². The maximum Gasteiger partial charge on any atom is 0.329 e. The van der Waals surface area contributed by atoms with Crippen molar-refractivity contribution in [1.82, 2.24) is 9.88 Å². The van der Waals surface area contributed by atoms with Gasteiger partial charge in [-0.15, -0.1) is 0 Å². The van der Waals surface area contributed by atoms with Crippen LogP contribution in [0.5, 0.6) is 0 Å². The van der Waals surface area contributed by atoms with Gasteiger partial charge in [0, 0.05) is 49.7 Å². The van der Waals surface area contributed by atoms with Crippen molar-refractivity contribution in [2.45, 2.75) is 31.8 Å². The van der Waals surface area contributed by atoms with E-state index in [0.29, 0.717) is 18.8 Å². The highest BCUT2D eigenvalue weighted by molar-refractivity contribution is 6.08. The van der Waals surface area contributed by atoms with Gasteiger partial charge in [0.1, 0.15) is 5.54 Å². The lowest BCUT2D eigenvalue weighted by molar-refractivity contribution is -0.148. The molecule has 1 amide bonds. The molecule has 0 aliphatic carbocycles. The highest BCUT2D eigenvalue weighted by atomic mass is 16.5. The van der Waals surface area contributed by atoms with Crippen molar-refractivity contribution in [3.8, 4) is 0 Å². The number of carboxylic acid groups (broad SMARTS) is 1. The number of fused-ring (bicyclic) bond motifs is 1. The van der Waals surface area contributed by atoms with Crippen LogP contribution in [0.1, 0.15) is 30.1 Å². The molecule has 2 N–H and O–H groups in total. The molecule has 6 nitrogen and oxygen atoms in total. The van der Waals surface area contributed by atoms with Gasteiger partial charge in [-0.2, -0.15) is 0 Å². The van der Waals surface area contributed by atoms with E-state index in [-0.39, 0.29) is 18.7 Å². The predicted molar refractivity (Wildman–Crippen MR) is 85.5 cm³/mol. The van der Waals surface area contributed by atoms with Gasteiger partial charge in [0.2, 0.25) is 0 Å². The summed E-state index contributed by atoms with van der Waals surface area (Å²) in [6.45, 7) is 3.42. The third-order valence-electron chi connectivity index (χ3n) is 4.48. The van der Waals surface area contributed by atoms with Crippen LogP contribution in [0.25, 0.3) is 10.9 Å². The smallest absolute Gasteiger partial charge is 0.329 e. The molecular formula is C17H20N2O4. The molecule has 1 aliphatic heterocycles. The summed E-state index contributed by atoms with van der Waals surface area (Å²) in [6, 6.07) is 7.64. The van der Waals surface area contributed by atoms with E-state index in [1.807, 2.05) is 35.8 Å². The first-order chi connectivity index (χ1) is 11.1. The minimum atomic E-state index is -1.25. The predicted octanol–water partition coefficient (Wildman–Crippen LogP) is 2.02. The zero-order valence-electron chi connectivity index (χ0n) is 13.0. The number of hydrogen-bond donors (Lipinski definition) is 2. The number of benzene rings is 1. The van der Waals surface area contributed by atoms with Gasteiger partial charge < -0.3 is 19.7 Å². The Hall–Kier alpha value is -2.34. The van der Waals surface area contributed by atoms with Crippen molar-refractivity contribution in [3.63, 3.8) is 0 Å². The second kappa shape index (κ2) is 6.04. The summed E-state index contributed by atoms with van der Waals surface area (Å²) in [5.41, 5.74) is 0.233. The van der Waals surface area contributed by atoms with E-state index in [1.54, 1.807) is 6.20 Å². The lowest BCUT2D eigenvalue weighted by atomic mass is 9.89. The van der Waals surface area contributed by atoms with Gasteiger partial charge in [0.05, 0.1) is 5.56 Å². The van der Waals surface area contributed by atoms with Crippen LogP contribution in [-0.2, 0) is 16.1 Å². The van der Waals surface area contributed by atoms with E-state index >= 15 is 0 Å². The van der Waals surface area contributed by atoms with Crippen molar-refractivity contribution in [2.75, 3.05) is 13.2 Å². The molecule has 0 bridgehead atoms. The number of aliphatic carboxylic acids is 1. The monoisotopic (exact) mass is 316 g/mol. The van der Waals surface area contributed by atoms with Gasteiger partial charge in [0.15, 0.2) is 0 Å². The number of hydrogen-bond acceptors (Lipinski definition) is 3. The first kappa shape index (κ1) is 15.6. The Kier molecular flexibility index (Phi) is 4.09. The molecule has 1 fully saturated rings. The number of para-hydroxylation sites is 1. The molecule has 1 aromatic carbocycles. The molecule has 6 heteroatoms. The Bertz CT molecular complexity index is 744. The highest BCUT2D eigenvalue weighted by Gasteiger charge is 2.42. The molecule has 1 aliphatic rings. The van der Waals surface area contributed by atoms with Crippen LogP contribution in [-0.4, -0.2) is 40.3 Å². The molecular weight excluding hydrogens is 296 g/mol. The summed E-state index contributed by atoms with van der Waals surface area (Å²) in [5.74, 6) is -1.36. The number of aromatic nitrogens is 1. The van der Waals surface area contributed by atoms with Gasteiger partial charge >= 0.3 is 5.97 Å². The van der Waals surface area contributed by atoms with E-state index in [2.05, 4.69) is 5.32 Å². The number of carbonyl (C=O) groups excluding carboxylic acids is 1. The molecule has 23 heavy (non-hydrogen) atoms. The molecule has 0 spiro atoms. The average molecular weight is 316 g/mol. The number of amides is 1. The minimum absolute atomic E-state index is 0.278. The highest BCUT2D eigenvalue weighted by Crippen LogP contribution is 2.25. The quantitative estimate of drug-likeness (QED) is 0.904. The Morgan fingerprint density at radius 2 is 2.00 bits per heavy atom. The van der Waals surface area contributed by atoms with Crippen LogP contribution in [0, 0.1) is 0 Å². The fourth-order valence-corrected chi connectivity index (χ4v) is 3.09. The van der Waals surface area contributed by atoms with Gasteiger partial charge in [-0.25, -0.2) is 4.79 Å². The van der Waals surface area contributed by atoms with Crippen LogP contribution in [0.4, 0.5) is 0 Å². The molecule has 0 unspecified atom stereocenters. The minimum Gasteiger partial charge on any atom is -0.480 e. The fraction of sp³-hybridized carbons (Fsp3) is 0.412. The van der Waals surface area contributed by atoms with Gasteiger partial charge in [0.25, 0.3) is 5.91 Å². The van der Waals surface area contributed by atoms with Crippen molar-refractivity contribution < 1.29 is 19.4 Å². The van der Waals surface area contributed by atoms with Crippen molar-refractivity contribution >= 4 is 22.8 Å². The zero-order valence-corrected chi connectivity index (χ0v) is 13.0. The molecule has 2 heterocycles. The molecule has 1 saturated heterocycles. The number of rotatable bonds is 4. The normalized spacial score (nSPS) is 17.1. The fourth-order valence-electron chi connectivity index (χ4n) is 3.09. The molecule has 0 radical (unpaired) electrons. The summed E-state index contributed by atoms with van der Waals surface area (Å²) < 4.78 is 7.22. The number of nitrogens with zero attached hydrogens (tertiary/aromatic N) is 1. The third kappa shape index (κ3) is 2.70. The third-order valence-corrected chi connectivity index (χ3v) is 4.48. The molecule has 0 atom stereocenters. The Balaban J connectivity index is 1.95. The van der Waals surface area contributed by atoms with E-state index in [0.717, 1.165) is 17.4 Å². The standard InChI is InChI=1S/C17H20N2O4/c1-2-19-11-13(12-5-3-4-6-14(12)19)15(20)18-17(16(21)22)7-9-23-10-8-17/h3-6,11H,2,7-10H2,1H3,(H,18,20)(H,21,22). The van der Waals surface area contributed by atoms with Crippen LogP contribution < -0.4 is 5.32 Å². The Morgan fingerprint density at radius 1 is 1.30 bits per heavy atom. The van der Waals surface area contributed by atoms with Crippen molar-refractivity contribution in [2.24, 2.45) is 0 Å². The summed E-state index contributed by atoms with van der Waals surface area (Å²) >= 11 is 0. The van der Waals surface area contributed by atoms with Crippen LogP contribution in [0.15, 0.2) is 30.5 Å². The van der Waals surface area contributed by atoms with Crippen LogP contribution in [0.2, 0.25) is 0 Å². The molecule has 122 valence electrons. The largest absolute Gasteiger partial charge is 0.480 e. The second-order valence-corrected chi connectivity index (χ2v) is 5.80. The topological polar surface area (TPSA) is 80.6 Å². The Labute approximate surface area is 134 Å². The van der Waals surface area contributed by atoms with E-state index < -0.39 is 11.5 Å². The number of nitrogens with one attached hydrogen (secondary N) is 1. The zero-order chi connectivity index (χ0) is 16.4. The maximum absolute atomic E-state index is 12.7. The maximum atomic E-state index is 12.7. The summed E-state index contributed by atoms with van der Waals surface area (Å²) in [6.07, 6.45) is 2.34. The molecule has 0 saturated carbocycles. The molecule has 3 rings (SSSR count). The van der Waals surface area contributed by atoms with E-state index in [1.165, 1.54) is 0 Å². The summed E-state index contributed by atoms with van der Waals surface area (Å²) in [5, 5.41) is 13.2. The lowest BCUT2D eigenvalue weighted by Gasteiger charge is -2.33. The second-order valence-electron chi connectivity index (χ2n) is 5.80. The Morgan fingerprint density at radius 3 is 2.65 bits per heavy atom. The molecule has 2 aromatic rings. The lowest BCUT2D eigenvalue weighted by Crippen LogP contribution is -2.57. The van der Waals surface area contributed by atoms with Gasteiger partial charge in [-0.3, -0.25) is 4.79 Å². The number of carboxylic acids is 1. The molecule has 1 aromatic heterocycles. The number of aryl methyl sites for hydroxylation is 1. The van der Waals surface area contributed by atoms with Gasteiger partial charge in [-0.1, -0.05) is 18.2 Å². The van der Waals surface area contributed by atoms with Crippen molar-refractivity contribution in [3.05, 3.63) is 36.0 Å². The first-order valence-electron chi connectivity index (χ1n) is 7.79. The van der Waals surface area contributed by atoms with Crippen LogP contribution in [0.3, 0.4) is 0 Å². The summed E-state index contributed by atoms with van der Waals surface area (Å²) in [7, 11) is 0. The average Bonchev–Trinajstić information content (AvgIpc) is 2.94. The van der Waals surface area contributed by atoms with E-state index in [9.17, 15) is 14.7 Å². The van der Waals surface area contributed by atoms with Crippen molar-refractivity contribution in [1.29, 1.82) is 0 Å². The van der Waals surface area contributed by atoms with Gasteiger partial charge in [-0.05, 0) is 13.0 Å².